The molecule has 1 amide bonds. The maximum atomic E-state index is 11.6. The van der Waals surface area contributed by atoms with E-state index in [9.17, 15) is 19.5 Å². The van der Waals surface area contributed by atoms with Gasteiger partial charge in [0.05, 0.1) is 6.42 Å². The third-order valence-electron chi connectivity index (χ3n) is 2.72. The third-order valence-corrected chi connectivity index (χ3v) is 2.72. The Morgan fingerprint density at radius 1 is 1.53 bits per heavy atom. The largest absolute Gasteiger partial charge is 0.432 e. The Labute approximate surface area is 109 Å². The molecule has 2 aliphatic rings. The lowest BCUT2D eigenvalue weighted by Gasteiger charge is -2.19. The molecular weight excluding hydrogens is 258 g/mol. The van der Waals surface area contributed by atoms with E-state index in [1.54, 1.807) is 13.8 Å². The van der Waals surface area contributed by atoms with Crippen LogP contribution in [-0.4, -0.2) is 46.1 Å². The molecular formula is C11H15NO7. The van der Waals surface area contributed by atoms with Gasteiger partial charge in [-0.05, 0) is 0 Å². The predicted octanol–water partition coefficient (Wildman–Crippen LogP) is -0.546. The average molecular weight is 273 g/mol. The van der Waals surface area contributed by atoms with Gasteiger partial charge in [0.25, 0.3) is 5.91 Å². The standard InChI is InChI=1S/C11H15NO7/c1-11(2)17-6(10(16)18-11)5-9(15)19-12-7(13)3-4-8(12)14/h6-7,13H,3-5H2,1-2H3/t6-,7?/m0/s1. The quantitative estimate of drug-likeness (QED) is 0.688. The second-order valence-corrected chi connectivity index (χ2v) is 4.83. The van der Waals surface area contributed by atoms with Crippen molar-refractivity contribution < 1.29 is 33.8 Å². The van der Waals surface area contributed by atoms with Crippen LogP contribution >= 0.6 is 0 Å². The number of carbonyl (C=O) groups excluding carboxylic acids is 3. The second kappa shape index (κ2) is 4.78. The smallest absolute Gasteiger partial charge is 0.338 e. The molecule has 0 aromatic carbocycles. The van der Waals surface area contributed by atoms with Gasteiger partial charge in [-0.3, -0.25) is 4.79 Å². The second-order valence-electron chi connectivity index (χ2n) is 4.83. The summed E-state index contributed by atoms with van der Waals surface area (Å²) in [5.74, 6) is -3.05. The van der Waals surface area contributed by atoms with Crippen LogP contribution < -0.4 is 0 Å². The van der Waals surface area contributed by atoms with Crippen LogP contribution in [0.3, 0.4) is 0 Å². The molecule has 1 unspecified atom stereocenters. The minimum atomic E-state index is -1.13. The van der Waals surface area contributed by atoms with Crippen molar-refractivity contribution in [3.63, 3.8) is 0 Å². The molecule has 0 aromatic rings. The average Bonchev–Trinajstić information content (AvgIpc) is 2.71. The number of ether oxygens (including phenoxy) is 2. The first-order valence-corrected chi connectivity index (χ1v) is 5.90. The zero-order chi connectivity index (χ0) is 14.2. The van der Waals surface area contributed by atoms with E-state index in [0.717, 1.165) is 0 Å². The summed E-state index contributed by atoms with van der Waals surface area (Å²) in [7, 11) is 0. The molecule has 2 heterocycles. The minimum Gasteiger partial charge on any atom is -0.432 e. The van der Waals surface area contributed by atoms with Gasteiger partial charge in [0.2, 0.25) is 5.79 Å². The van der Waals surface area contributed by atoms with Gasteiger partial charge in [-0.1, -0.05) is 0 Å². The molecule has 19 heavy (non-hydrogen) atoms. The van der Waals surface area contributed by atoms with E-state index >= 15 is 0 Å². The number of aliphatic hydroxyl groups is 1. The van der Waals surface area contributed by atoms with Crippen LogP contribution in [0.2, 0.25) is 0 Å². The van der Waals surface area contributed by atoms with Crippen molar-refractivity contribution in [2.24, 2.45) is 0 Å². The fourth-order valence-electron chi connectivity index (χ4n) is 1.90. The highest BCUT2D eigenvalue weighted by atomic mass is 16.8. The number of amides is 1. The van der Waals surface area contributed by atoms with Gasteiger partial charge >= 0.3 is 11.9 Å². The van der Waals surface area contributed by atoms with E-state index in [-0.39, 0.29) is 19.3 Å². The van der Waals surface area contributed by atoms with Gasteiger partial charge in [0, 0.05) is 26.7 Å². The number of hydrogen-bond acceptors (Lipinski definition) is 7. The number of nitrogens with zero attached hydrogens (tertiary/aromatic N) is 1. The molecule has 2 atom stereocenters. The SMILES string of the molecule is CC1(C)OC(=O)[C@H](CC(=O)ON2C(=O)CCC2O)O1. The predicted molar refractivity (Wildman–Crippen MR) is 57.8 cm³/mol. The van der Waals surface area contributed by atoms with Crippen LogP contribution in [0.4, 0.5) is 0 Å². The molecule has 8 nitrogen and oxygen atoms in total. The molecule has 2 rings (SSSR count). The molecule has 0 aliphatic carbocycles. The van der Waals surface area contributed by atoms with Crippen LogP contribution in [0.25, 0.3) is 0 Å². The Bertz CT molecular complexity index is 419. The molecule has 2 saturated heterocycles. The summed E-state index contributed by atoms with van der Waals surface area (Å²) in [6.45, 7) is 3.09. The lowest BCUT2D eigenvalue weighted by Crippen LogP contribution is -2.36. The lowest BCUT2D eigenvalue weighted by atomic mass is 10.2. The van der Waals surface area contributed by atoms with Gasteiger partial charge in [0.1, 0.15) is 0 Å². The van der Waals surface area contributed by atoms with E-state index in [2.05, 4.69) is 0 Å². The van der Waals surface area contributed by atoms with Crippen LogP contribution in [0.1, 0.15) is 33.1 Å². The number of aliphatic hydroxyl groups excluding tert-OH is 1. The Morgan fingerprint density at radius 3 is 2.68 bits per heavy atom. The number of cyclic esters (lactones) is 1. The Hall–Kier alpha value is -1.67. The molecule has 0 saturated carbocycles. The summed E-state index contributed by atoms with van der Waals surface area (Å²) in [5, 5.41) is 10.0. The summed E-state index contributed by atoms with van der Waals surface area (Å²) in [4.78, 5) is 39.0. The number of esters is 1. The van der Waals surface area contributed by atoms with Crippen molar-refractivity contribution in [2.45, 2.75) is 51.2 Å². The van der Waals surface area contributed by atoms with Gasteiger partial charge < -0.3 is 19.4 Å². The van der Waals surface area contributed by atoms with Crippen molar-refractivity contribution in [3.05, 3.63) is 0 Å². The number of hydrogen-bond donors (Lipinski definition) is 1. The number of hydroxylamine groups is 2. The van der Waals surface area contributed by atoms with Gasteiger partial charge in [0.15, 0.2) is 12.3 Å². The highest BCUT2D eigenvalue weighted by molar-refractivity contribution is 5.84. The fraction of sp³-hybridized carbons (Fsp3) is 0.727. The molecule has 0 spiro atoms. The monoisotopic (exact) mass is 273 g/mol. The van der Waals surface area contributed by atoms with E-state index < -0.39 is 36.0 Å². The van der Waals surface area contributed by atoms with Crippen molar-refractivity contribution in [3.8, 4) is 0 Å². The molecule has 106 valence electrons. The molecule has 0 radical (unpaired) electrons. The summed E-state index contributed by atoms with van der Waals surface area (Å²) < 4.78 is 10.1. The summed E-state index contributed by atoms with van der Waals surface area (Å²) >= 11 is 0. The highest BCUT2D eigenvalue weighted by Gasteiger charge is 2.43. The van der Waals surface area contributed by atoms with Crippen LogP contribution in [0.15, 0.2) is 0 Å². The van der Waals surface area contributed by atoms with Crippen molar-refractivity contribution in [1.29, 1.82) is 0 Å². The summed E-state index contributed by atoms with van der Waals surface area (Å²) in [6, 6.07) is 0. The van der Waals surface area contributed by atoms with E-state index in [0.29, 0.717) is 5.06 Å². The summed E-state index contributed by atoms with van der Waals surface area (Å²) in [6.07, 6.45) is -2.25. The highest BCUT2D eigenvalue weighted by Crippen LogP contribution is 2.26. The van der Waals surface area contributed by atoms with E-state index in [1.165, 1.54) is 0 Å². The van der Waals surface area contributed by atoms with Crippen molar-refractivity contribution >= 4 is 17.8 Å². The molecule has 2 fully saturated rings. The van der Waals surface area contributed by atoms with Crippen molar-refractivity contribution in [2.75, 3.05) is 0 Å². The van der Waals surface area contributed by atoms with Crippen LogP contribution in [-0.2, 0) is 28.7 Å². The normalized spacial score (nSPS) is 29.5. The van der Waals surface area contributed by atoms with Gasteiger partial charge in [-0.15, -0.1) is 5.06 Å². The first kappa shape index (κ1) is 13.8. The van der Waals surface area contributed by atoms with E-state index in [4.69, 9.17) is 14.3 Å². The number of rotatable bonds is 3. The van der Waals surface area contributed by atoms with Gasteiger partial charge in [-0.25, -0.2) is 9.59 Å². The first-order chi connectivity index (χ1) is 8.78. The lowest BCUT2D eigenvalue weighted by molar-refractivity contribution is -0.222. The first-order valence-electron chi connectivity index (χ1n) is 5.90. The van der Waals surface area contributed by atoms with E-state index in [1.807, 2.05) is 0 Å². The molecule has 0 bridgehead atoms. The molecule has 1 N–H and O–H groups in total. The molecule has 2 aliphatic heterocycles. The fourth-order valence-corrected chi connectivity index (χ4v) is 1.90. The maximum Gasteiger partial charge on any atom is 0.338 e. The Morgan fingerprint density at radius 2 is 2.21 bits per heavy atom. The van der Waals surface area contributed by atoms with Crippen LogP contribution in [0, 0.1) is 0 Å². The molecule has 8 heteroatoms. The number of carbonyl (C=O) groups is 3. The molecule has 0 aromatic heterocycles. The van der Waals surface area contributed by atoms with Gasteiger partial charge in [-0.2, -0.15) is 0 Å². The maximum absolute atomic E-state index is 11.6. The van der Waals surface area contributed by atoms with Crippen molar-refractivity contribution in [1.82, 2.24) is 5.06 Å². The topological polar surface area (TPSA) is 102 Å². The summed E-state index contributed by atoms with van der Waals surface area (Å²) in [5.41, 5.74) is 0. The Kier molecular flexibility index (Phi) is 3.46. The minimum absolute atomic E-state index is 0.115. The Balaban J connectivity index is 1.88. The zero-order valence-corrected chi connectivity index (χ0v) is 10.6. The zero-order valence-electron chi connectivity index (χ0n) is 10.6. The van der Waals surface area contributed by atoms with Crippen LogP contribution in [0.5, 0.6) is 0 Å². The third kappa shape index (κ3) is 3.02.